The fourth-order valence-corrected chi connectivity index (χ4v) is 3.23. The van der Waals surface area contributed by atoms with E-state index in [0.717, 1.165) is 31.5 Å². The molecule has 0 radical (unpaired) electrons. The molecular formula is C21H41ClN4O. The maximum Gasteiger partial charge on any atom is 0.220 e. The Morgan fingerprint density at radius 1 is 0.963 bits per heavy atom. The average molecular weight is 401 g/mol. The number of amides is 1. The SMILES string of the molecule is CCCCCCCCCCCCCCNC(=O)CCCc1cnc(N)[nH]1.Cl. The molecule has 1 aromatic heterocycles. The number of carbonyl (C=O) groups is 1. The summed E-state index contributed by atoms with van der Waals surface area (Å²) in [5.41, 5.74) is 6.52. The number of rotatable bonds is 17. The van der Waals surface area contributed by atoms with E-state index in [1.807, 2.05) is 0 Å². The lowest BCUT2D eigenvalue weighted by molar-refractivity contribution is -0.121. The number of imidazole rings is 1. The van der Waals surface area contributed by atoms with Crippen LogP contribution in [0.25, 0.3) is 0 Å². The zero-order valence-electron chi connectivity index (χ0n) is 17.2. The van der Waals surface area contributed by atoms with E-state index in [0.29, 0.717) is 12.4 Å². The van der Waals surface area contributed by atoms with Gasteiger partial charge >= 0.3 is 0 Å². The van der Waals surface area contributed by atoms with E-state index < -0.39 is 0 Å². The van der Waals surface area contributed by atoms with Crippen LogP contribution in [0.5, 0.6) is 0 Å². The molecule has 5 nitrogen and oxygen atoms in total. The molecule has 0 aromatic carbocycles. The van der Waals surface area contributed by atoms with Crippen molar-refractivity contribution in [3.8, 4) is 0 Å². The molecule has 0 spiro atoms. The number of anilines is 1. The van der Waals surface area contributed by atoms with Gasteiger partial charge in [-0.3, -0.25) is 4.79 Å². The molecule has 0 fully saturated rings. The molecule has 4 N–H and O–H groups in total. The van der Waals surface area contributed by atoms with E-state index in [1.54, 1.807) is 6.20 Å². The monoisotopic (exact) mass is 400 g/mol. The number of hydrogen-bond donors (Lipinski definition) is 3. The maximum absolute atomic E-state index is 11.8. The lowest BCUT2D eigenvalue weighted by Gasteiger charge is -2.05. The first-order chi connectivity index (χ1) is 12.7. The van der Waals surface area contributed by atoms with E-state index in [4.69, 9.17) is 5.73 Å². The van der Waals surface area contributed by atoms with E-state index in [2.05, 4.69) is 22.2 Å². The smallest absolute Gasteiger partial charge is 0.220 e. The molecule has 1 heterocycles. The van der Waals surface area contributed by atoms with Crippen molar-refractivity contribution >= 4 is 24.3 Å². The van der Waals surface area contributed by atoms with Crippen LogP contribution in [-0.4, -0.2) is 22.4 Å². The van der Waals surface area contributed by atoms with Crippen LogP contribution >= 0.6 is 12.4 Å². The molecule has 0 aliphatic heterocycles. The van der Waals surface area contributed by atoms with Crippen LogP contribution < -0.4 is 11.1 Å². The summed E-state index contributed by atoms with van der Waals surface area (Å²) in [7, 11) is 0. The van der Waals surface area contributed by atoms with Crippen LogP contribution in [0.2, 0.25) is 0 Å². The summed E-state index contributed by atoms with van der Waals surface area (Å²) < 4.78 is 0. The summed E-state index contributed by atoms with van der Waals surface area (Å²) in [6.07, 6.45) is 20.1. The molecule has 158 valence electrons. The minimum absolute atomic E-state index is 0. The summed E-state index contributed by atoms with van der Waals surface area (Å²) in [6, 6.07) is 0. The predicted molar refractivity (Wildman–Crippen MR) is 117 cm³/mol. The third kappa shape index (κ3) is 15.5. The third-order valence-corrected chi connectivity index (χ3v) is 4.85. The molecule has 1 amide bonds. The molecule has 0 saturated carbocycles. The highest BCUT2D eigenvalue weighted by Crippen LogP contribution is 2.11. The van der Waals surface area contributed by atoms with Gasteiger partial charge in [-0.1, -0.05) is 77.6 Å². The number of nitrogens with one attached hydrogen (secondary N) is 2. The molecule has 0 unspecified atom stereocenters. The van der Waals surface area contributed by atoms with Crippen LogP contribution in [0.15, 0.2) is 6.20 Å². The molecule has 1 rings (SSSR count). The van der Waals surface area contributed by atoms with Crippen molar-refractivity contribution in [1.29, 1.82) is 0 Å². The van der Waals surface area contributed by atoms with Gasteiger partial charge in [-0.2, -0.15) is 0 Å². The Bertz CT molecular complexity index is 465. The van der Waals surface area contributed by atoms with Gasteiger partial charge in [-0.05, 0) is 19.3 Å². The molecule has 0 aliphatic rings. The number of H-pyrrole nitrogens is 1. The fraction of sp³-hybridized carbons (Fsp3) is 0.810. The van der Waals surface area contributed by atoms with Gasteiger partial charge in [0.25, 0.3) is 0 Å². The van der Waals surface area contributed by atoms with Crippen molar-refractivity contribution in [2.75, 3.05) is 12.3 Å². The lowest BCUT2D eigenvalue weighted by atomic mass is 10.1. The van der Waals surface area contributed by atoms with Gasteiger partial charge in [0.2, 0.25) is 5.91 Å². The fourth-order valence-electron chi connectivity index (χ4n) is 3.23. The summed E-state index contributed by atoms with van der Waals surface area (Å²) in [4.78, 5) is 18.7. The third-order valence-electron chi connectivity index (χ3n) is 4.85. The van der Waals surface area contributed by atoms with Gasteiger partial charge < -0.3 is 16.0 Å². The topological polar surface area (TPSA) is 83.8 Å². The summed E-state index contributed by atoms with van der Waals surface area (Å²) in [5.74, 6) is 0.594. The van der Waals surface area contributed by atoms with Crippen LogP contribution in [0.1, 0.15) is 103 Å². The van der Waals surface area contributed by atoms with Crippen molar-refractivity contribution in [3.63, 3.8) is 0 Å². The van der Waals surface area contributed by atoms with Crippen molar-refractivity contribution in [1.82, 2.24) is 15.3 Å². The van der Waals surface area contributed by atoms with Gasteiger partial charge in [0, 0.05) is 18.7 Å². The number of nitrogens with zero attached hydrogens (tertiary/aromatic N) is 1. The largest absolute Gasteiger partial charge is 0.369 e. The first-order valence-electron chi connectivity index (χ1n) is 10.8. The molecule has 0 aliphatic carbocycles. The first kappa shape index (κ1) is 25.8. The Morgan fingerprint density at radius 2 is 1.52 bits per heavy atom. The summed E-state index contributed by atoms with van der Waals surface area (Å²) in [6.45, 7) is 3.08. The highest BCUT2D eigenvalue weighted by atomic mass is 35.5. The van der Waals surface area contributed by atoms with Gasteiger partial charge in [0.1, 0.15) is 0 Å². The number of aromatic nitrogens is 2. The highest BCUT2D eigenvalue weighted by Gasteiger charge is 2.02. The normalized spacial score (nSPS) is 10.6. The van der Waals surface area contributed by atoms with Gasteiger partial charge in [0.05, 0.1) is 6.20 Å². The summed E-state index contributed by atoms with van der Waals surface area (Å²) in [5, 5.41) is 3.02. The second-order valence-electron chi connectivity index (χ2n) is 7.39. The number of aromatic amines is 1. The van der Waals surface area contributed by atoms with Crippen molar-refractivity contribution in [3.05, 3.63) is 11.9 Å². The number of nitrogens with two attached hydrogens (primary N) is 1. The number of hydrogen-bond acceptors (Lipinski definition) is 3. The Labute approximate surface area is 172 Å². The number of unbranched alkanes of at least 4 members (excludes halogenated alkanes) is 11. The molecule has 6 heteroatoms. The Kier molecular flexibility index (Phi) is 17.3. The van der Waals surface area contributed by atoms with Gasteiger partial charge in [0.15, 0.2) is 5.95 Å². The highest BCUT2D eigenvalue weighted by molar-refractivity contribution is 5.85. The molecule has 0 saturated heterocycles. The van der Waals surface area contributed by atoms with Gasteiger partial charge in [-0.15, -0.1) is 12.4 Å². The van der Waals surface area contributed by atoms with Crippen molar-refractivity contribution in [2.45, 2.75) is 103 Å². The second-order valence-corrected chi connectivity index (χ2v) is 7.39. The second kappa shape index (κ2) is 18.1. The van der Waals surface area contributed by atoms with Crippen LogP contribution in [-0.2, 0) is 11.2 Å². The van der Waals surface area contributed by atoms with Crippen molar-refractivity contribution in [2.24, 2.45) is 0 Å². The van der Waals surface area contributed by atoms with Gasteiger partial charge in [-0.25, -0.2) is 4.98 Å². The molecular weight excluding hydrogens is 360 g/mol. The average Bonchev–Trinajstić information content (AvgIpc) is 3.04. The standard InChI is InChI=1S/C21H40N4O.ClH/c1-2-3-4-5-6-7-8-9-10-11-12-13-17-23-20(26)16-14-15-19-18-24-21(22)25-19;/h18H,2-17H2,1H3,(H,23,26)(H3,22,24,25);1H. The lowest BCUT2D eigenvalue weighted by Crippen LogP contribution is -2.24. The predicted octanol–water partition coefficient (Wildman–Crippen LogP) is 5.55. The number of nitrogen functional groups attached to an aromatic ring is 1. The number of halogens is 1. The minimum atomic E-state index is 0. The Balaban J connectivity index is 0.00000676. The van der Waals surface area contributed by atoms with Crippen molar-refractivity contribution < 1.29 is 4.79 Å². The zero-order chi connectivity index (χ0) is 18.9. The van der Waals surface area contributed by atoms with E-state index in [9.17, 15) is 4.79 Å². The number of carbonyl (C=O) groups excluding carboxylic acids is 1. The van der Waals surface area contributed by atoms with Crippen LogP contribution in [0.3, 0.4) is 0 Å². The van der Waals surface area contributed by atoms with Crippen LogP contribution in [0.4, 0.5) is 5.95 Å². The first-order valence-corrected chi connectivity index (χ1v) is 10.8. The molecule has 1 aromatic rings. The van der Waals surface area contributed by atoms with E-state index in [-0.39, 0.29) is 18.3 Å². The Hall–Kier alpha value is -1.23. The zero-order valence-corrected chi connectivity index (χ0v) is 18.0. The van der Waals surface area contributed by atoms with E-state index in [1.165, 1.54) is 70.6 Å². The number of aryl methyl sites for hydroxylation is 1. The quantitative estimate of drug-likeness (QED) is 0.299. The summed E-state index contributed by atoms with van der Waals surface area (Å²) >= 11 is 0. The van der Waals surface area contributed by atoms with Crippen LogP contribution in [0, 0.1) is 0 Å². The molecule has 27 heavy (non-hydrogen) atoms. The van der Waals surface area contributed by atoms with E-state index >= 15 is 0 Å². The molecule has 0 bridgehead atoms. The Morgan fingerprint density at radius 3 is 2.04 bits per heavy atom. The molecule has 0 atom stereocenters. The minimum Gasteiger partial charge on any atom is -0.369 e. The maximum atomic E-state index is 11.8.